The molecule has 1 aliphatic heterocycles. The molecule has 2 aromatic heterocycles. The smallest absolute Gasteiger partial charge is 0.164 e. The molecule has 2 N–H and O–H groups in total. The lowest BCUT2D eigenvalue weighted by Crippen LogP contribution is -2.36. The van der Waals surface area contributed by atoms with E-state index in [1.807, 2.05) is 14.0 Å². The lowest BCUT2D eigenvalue weighted by molar-refractivity contribution is 0.263. The second-order valence-electron chi connectivity index (χ2n) is 6.31. The molecule has 0 radical (unpaired) electrons. The maximum absolute atomic E-state index is 4.74. The average molecular weight is 299 g/mol. The predicted molar refractivity (Wildman–Crippen MR) is 92.7 cm³/mol. The number of nitrogens with zero attached hydrogens (tertiary/aromatic N) is 3. The van der Waals surface area contributed by atoms with Crippen molar-refractivity contribution in [3.05, 3.63) is 23.4 Å². The Morgan fingerprint density at radius 2 is 1.86 bits per heavy atom. The fourth-order valence-corrected chi connectivity index (χ4v) is 3.22. The van der Waals surface area contributed by atoms with Gasteiger partial charge in [0.15, 0.2) is 5.65 Å². The molecule has 5 heteroatoms. The van der Waals surface area contributed by atoms with E-state index in [1.165, 1.54) is 5.56 Å². The van der Waals surface area contributed by atoms with Crippen LogP contribution in [0.2, 0.25) is 0 Å². The van der Waals surface area contributed by atoms with Crippen molar-refractivity contribution < 1.29 is 0 Å². The van der Waals surface area contributed by atoms with Crippen molar-refractivity contribution in [1.82, 2.24) is 14.9 Å². The van der Waals surface area contributed by atoms with Crippen molar-refractivity contribution >= 4 is 22.5 Å². The van der Waals surface area contributed by atoms with Crippen LogP contribution < -0.4 is 10.6 Å². The summed E-state index contributed by atoms with van der Waals surface area (Å²) in [5, 5.41) is 7.99. The zero-order valence-corrected chi connectivity index (χ0v) is 13.9. The summed E-state index contributed by atoms with van der Waals surface area (Å²) in [5.74, 6) is 0.920. The molecule has 0 aromatic carbocycles. The molecule has 1 fully saturated rings. The van der Waals surface area contributed by atoms with Gasteiger partial charge in [0.05, 0.1) is 0 Å². The largest absolute Gasteiger partial charge is 0.387 e. The third-order valence-electron chi connectivity index (χ3n) is 4.44. The van der Waals surface area contributed by atoms with E-state index in [1.54, 1.807) is 0 Å². The Balaban J connectivity index is 1.93. The van der Waals surface area contributed by atoms with Gasteiger partial charge in [-0.15, -0.1) is 0 Å². The van der Waals surface area contributed by atoms with E-state index in [2.05, 4.69) is 46.6 Å². The third kappa shape index (κ3) is 2.99. The SMILES string of the molecule is CNc1cc(NC2CCN(C)CC2)nc2nc(C)cc(C)c12. The van der Waals surface area contributed by atoms with Gasteiger partial charge in [0.25, 0.3) is 0 Å². The summed E-state index contributed by atoms with van der Waals surface area (Å²) in [7, 11) is 4.13. The van der Waals surface area contributed by atoms with Crippen LogP contribution >= 0.6 is 0 Å². The molecule has 0 bridgehead atoms. The minimum atomic E-state index is 0.497. The first-order valence-electron chi connectivity index (χ1n) is 7.98. The van der Waals surface area contributed by atoms with Crippen LogP contribution in [0.15, 0.2) is 12.1 Å². The van der Waals surface area contributed by atoms with Crippen LogP contribution in [-0.4, -0.2) is 48.1 Å². The maximum atomic E-state index is 4.74. The van der Waals surface area contributed by atoms with Gasteiger partial charge in [0.2, 0.25) is 0 Å². The Morgan fingerprint density at radius 1 is 1.14 bits per heavy atom. The highest BCUT2D eigenvalue weighted by Crippen LogP contribution is 2.28. The number of aromatic nitrogens is 2. The number of likely N-dealkylation sites (tertiary alicyclic amines) is 1. The molecule has 5 nitrogen and oxygen atoms in total. The van der Waals surface area contributed by atoms with Gasteiger partial charge in [-0.3, -0.25) is 0 Å². The van der Waals surface area contributed by atoms with Crippen molar-refractivity contribution in [1.29, 1.82) is 0 Å². The zero-order valence-electron chi connectivity index (χ0n) is 13.9. The van der Waals surface area contributed by atoms with E-state index in [-0.39, 0.29) is 0 Å². The maximum Gasteiger partial charge on any atom is 0.164 e. The Bertz CT molecular complexity index is 674. The van der Waals surface area contributed by atoms with Crippen molar-refractivity contribution in [3.8, 4) is 0 Å². The summed E-state index contributed by atoms with van der Waals surface area (Å²) in [6.07, 6.45) is 2.32. The first-order chi connectivity index (χ1) is 10.6. The number of piperidine rings is 1. The van der Waals surface area contributed by atoms with Crippen molar-refractivity contribution in [2.75, 3.05) is 37.8 Å². The van der Waals surface area contributed by atoms with Crippen molar-refractivity contribution in [3.63, 3.8) is 0 Å². The molecule has 0 amide bonds. The second-order valence-corrected chi connectivity index (χ2v) is 6.31. The van der Waals surface area contributed by atoms with Crippen LogP contribution in [0.5, 0.6) is 0 Å². The molecule has 0 aliphatic carbocycles. The second kappa shape index (κ2) is 6.08. The summed E-state index contributed by atoms with van der Waals surface area (Å²) in [4.78, 5) is 11.7. The van der Waals surface area contributed by atoms with Crippen molar-refractivity contribution in [2.45, 2.75) is 32.7 Å². The van der Waals surface area contributed by atoms with E-state index in [0.29, 0.717) is 6.04 Å². The standard InChI is InChI=1S/C17H25N5/c1-11-9-12(2)19-17-16(11)14(18-3)10-15(21-17)20-13-5-7-22(4)8-6-13/h9-10,13H,5-8H2,1-4H3,(H2,18,19,20,21). The quantitative estimate of drug-likeness (QED) is 0.913. The molecule has 3 heterocycles. The van der Waals surface area contributed by atoms with E-state index in [9.17, 15) is 0 Å². The Morgan fingerprint density at radius 3 is 2.55 bits per heavy atom. The van der Waals surface area contributed by atoms with E-state index >= 15 is 0 Å². The van der Waals surface area contributed by atoms with Crippen LogP contribution in [-0.2, 0) is 0 Å². The fourth-order valence-electron chi connectivity index (χ4n) is 3.22. The minimum Gasteiger partial charge on any atom is -0.387 e. The molecular weight excluding hydrogens is 274 g/mol. The minimum absolute atomic E-state index is 0.497. The molecule has 2 aromatic rings. The predicted octanol–water partition coefficient (Wildman–Crippen LogP) is 2.79. The molecule has 0 spiro atoms. The van der Waals surface area contributed by atoms with Gasteiger partial charge in [-0.05, 0) is 58.5 Å². The van der Waals surface area contributed by atoms with Crippen LogP contribution in [0.4, 0.5) is 11.5 Å². The number of rotatable bonds is 3. The van der Waals surface area contributed by atoms with Crippen LogP contribution in [0.1, 0.15) is 24.1 Å². The fraction of sp³-hybridized carbons (Fsp3) is 0.529. The third-order valence-corrected chi connectivity index (χ3v) is 4.44. The van der Waals surface area contributed by atoms with Gasteiger partial charge in [-0.25, -0.2) is 9.97 Å². The summed E-state index contributed by atoms with van der Waals surface area (Å²) in [6.45, 7) is 6.41. The first kappa shape index (κ1) is 15.0. The molecule has 0 saturated carbocycles. The van der Waals surface area contributed by atoms with Gasteiger partial charge >= 0.3 is 0 Å². The number of pyridine rings is 2. The highest BCUT2D eigenvalue weighted by Gasteiger charge is 2.18. The van der Waals surface area contributed by atoms with Crippen molar-refractivity contribution in [2.24, 2.45) is 0 Å². The lowest BCUT2D eigenvalue weighted by Gasteiger charge is -2.30. The molecule has 22 heavy (non-hydrogen) atoms. The molecule has 1 aliphatic rings. The number of nitrogens with one attached hydrogen (secondary N) is 2. The highest BCUT2D eigenvalue weighted by atomic mass is 15.1. The first-order valence-corrected chi connectivity index (χ1v) is 7.98. The molecule has 118 valence electrons. The number of fused-ring (bicyclic) bond motifs is 1. The number of aryl methyl sites for hydroxylation is 2. The number of hydrogen-bond donors (Lipinski definition) is 2. The normalized spacial score (nSPS) is 16.9. The molecular formula is C17H25N5. The summed E-state index contributed by atoms with van der Waals surface area (Å²) >= 11 is 0. The Hall–Kier alpha value is -1.88. The van der Waals surface area contributed by atoms with Crippen LogP contribution in [0.3, 0.4) is 0 Å². The molecule has 1 saturated heterocycles. The molecule has 0 atom stereocenters. The van der Waals surface area contributed by atoms with Gasteiger partial charge in [0.1, 0.15) is 5.82 Å². The zero-order chi connectivity index (χ0) is 15.7. The summed E-state index contributed by atoms with van der Waals surface area (Å²) in [6, 6.07) is 4.70. The average Bonchev–Trinajstić information content (AvgIpc) is 2.48. The van der Waals surface area contributed by atoms with Gasteiger partial charge < -0.3 is 15.5 Å². The number of anilines is 2. The van der Waals surface area contributed by atoms with Gasteiger partial charge in [0, 0.05) is 35.9 Å². The molecule has 0 unspecified atom stereocenters. The lowest BCUT2D eigenvalue weighted by atomic mass is 10.1. The summed E-state index contributed by atoms with van der Waals surface area (Å²) in [5.41, 5.74) is 4.13. The van der Waals surface area contributed by atoms with E-state index in [0.717, 1.165) is 54.2 Å². The topological polar surface area (TPSA) is 53.1 Å². The van der Waals surface area contributed by atoms with Crippen LogP contribution in [0, 0.1) is 13.8 Å². The van der Waals surface area contributed by atoms with Gasteiger partial charge in [-0.2, -0.15) is 0 Å². The number of hydrogen-bond acceptors (Lipinski definition) is 5. The summed E-state index contributed by atoms with van der Waals surface area (Å²) < 4.78 is 0. The van der Waals surface area contributed by atoms with Gasteiger partial charge in [-0.1, -0.05) is 0 Å². The monoisotopic (exact) mass is 299 g/mol. The van der Waals surface area contributed by atoms with Crippen LogP contribution in [0.25, 0.3) is 11.0 Å². The Kier molecular flexibility index (Phi) is 4.16. The Labute approximate surface area is 132 Å². The van der Waals surface area contributed by atoms with E-state index < -0.39 is 0 Å². The highest BCUT2D eigenvalue weighted by molar-refractivity contribution is 5.93. The van der Waals surface area contributed by atoms with E-state index in [4.69, 9.17) is 4.98 Å². The molecule has 3 rings (SSSR count).